The number of nitrogens with one attached hydrogen (secondary N) is 1. The van der Waals surface area contributed by atoms with Crippen molar-refractivity contribution in [2.75, 3.05) is 33.3 Å². The van der Waals surface area contributed by atoms with Gasteiger partial charge in [-0.05, 0) is 39.8 Å². The third-order valence-electron chi connectivity index (χ3n) is 3.89. The number of carboxylic acids is 1. The normalized spacial score (nSPS) is 24.7. The van der Waals surface area contributed by atoms with Crippen LogP contribution in [-0.2, 0) is 9.53 Å². The molecule has 0 aromatic rings. The summed E-state index contributed by atoms with van der Waals surface area (Å²) in [4.78, 5) is 13.7. The van der Waals surface area contributed by atoms with Crippen LogP contribution < -0.4 is 5.32 Å². The molecule has 18 heavy (non-hydrogen) atoms. The van der Waals surface area contributed by atoms with E-state index < -0.39 is 11.5 Å². The molecule has 0 aliphatic carbocycles. The lowest BCUT2D eigenvalue weighted by molar-refractivity contribution is -0.145. The Hall–Kier alpha value is -0.650. The van der Waals surface area contributed by atoms with Gasteiger partial charge in [-0.2, -0.15) is 0 Å². The molecule has 1 saturated heterocycles. The lowest BCUT2D eigenvalue weighted by Gasteiger charge is -2.33. The highest BCUT2D eigenvalue weighted by Gasteiger charge is 2.34. The van der Waals surface area contributed by atoms with Crippen LogP contribution in [0.4, 0.5) is 0 Å². The zero-order valence-corrected chi connectivity index (χ0v) is 11.7. The monoisotopic (exact) mass is 258 g/mol. The molecule has 0 spiro atoms. The third kappa shape index (κ3) is 3.93. The second-order valence-electron chi connectivity index (χ2n) is 5.08. The summed E-state index contributed by atoms with van der Waals surface area (Å²) >= 11 is 0. The SMILES string of the molecule is CCC(CCCN1CCOC(C)C1)(NC)C(=O)O. The predicted molar refractivity (Wildman–Crippen MR) is 70.8 cm³/mol. The smallest absolute Gasteiger partial charge is 0.323 e. The fourth-order valence-electron chi connectivity index (χ4n) is 2.54. The van der Waals surface area contributed by atoms with Crippen molar-refractivity contribution in [2.45, 2.75) is 44.8 Å². The van der Waals surface area contributed by atoms with Gasteiger partial charge < -0.3 is 15.2 Å². The van der Waals surface area contributed by atoms with E-state index >= 15 is 0 Å². The first-order valence-electron chi connectivity index (χ1n) is 6.80. The van der Waals surface area contributed by atoms with Crippen molar-refractivity contribution in [1.82, 2.24) is 10.2 Å². The minimum atomic E-state index is -0.766. The summed E-state index contributed by atoms with van der Waals surface area (Å²) in [5.74, 6) is -0.747. The second-order valence-corrected chi connectivity index (χ2v) is 5.08. The molecule has 0 amide bonds. The van der Waals surface area contributed by atoms with Gasteiger partial charge in [0.2, 0.25) is 0 Å². The molecule has 0 radical (unpaired) electrons. The van der Waals surface area contributed by atoms with Crippen molar-refractivity contribution in [2.24, 2.45) is 0 Å². The molecule has 2 unspecified atom stereocenters. The van der Waals surface area contributed by atoms with Crippen LogP contribution in [-0.4, -0.2) is 60.9 Å². The maximum absolute atomic E-state index is 11.3. The Kier molecular flexibility index (Phi) is 6.05. The van der Waals surface area contributed by atoms with Crippen molar-refractivity contribution < 1.29 is 14.6 Å². The molecular formula is C13H26N2O3. The van der Waals surface area contributed by atoms with E-state index in [0.29, 0.717) is 18.9 Å². The molecule has 1 fully saturated rings. The quantitative estimate of drug-likeness (QED) is 0.711. The van der Waals surface area contributed by atoms with E-state index in [0.717, 1.165) is 32.7 Å². The average molecular weight is 258 g/mol. The van der Waals surface area contributed by atoms with Gasteiger partial charge in [0.05, 0.1) is 12.7 Å². The minimum Gasteiger partial charge on any atom is -0.480 e. The summed E-state index contributed by atoms with van der Waals surface area (Å²) in [5.41, 5.74) is -0.766. The van der Waals surface area contributed by atoms with Gasteiger partial charge in [-0.15, -0.1) is 0 Å². The van der Waals surface area contributed by atoms with Gasteiger partial charge in [0.25, 0.3) is 0 Å². The highest BCUT2D eigenvalue weighted by molar-refractivity contribution is 5.78. The molecule has 5 nitrogen and oxygen atoms in total. The number of nitrogens with zero attached hydrogens (tertiary/aromatic N) is 1. The zero-order chi connectivity index (χ0) is 13.6. The van der Waals surface area contributed by atoms with E-state index in [2.05, 4.69) is 17.1 Å². The molecule has 0 aromatic carbocycles. The molecule has 2 atom stereocenters. The number of likely N-dealkylation sites (N-methyl/N-ethyl adjacent to an activating group) is 1. The van der Waals surface area contributed by atoms with Gasteiger partial charge in [0, 0.05) is 13.1 Å². The molecule has 5 heteroatoms. The molecule has 2 N–H and O–H groups in total. The number of morpholine rings is 1. The van der Waals surface area contributed by atoms with Crippen LogP contribution in [0, 0.1) is 0 Å². The Morgan fingerprint density at radius 3 is 2.83 bits per heavy atom. The van der Waals surface area contributed by atoms with Crippen LogP contribution in [0.25, 0.3) is 0 Å². The molecule has 1 rings (SSSR count). The first kappa shape index (κ1) is 15.4. The molecule has 0 saturated carbocycles. The zero-order valence-electron chi connectivity index (χ0n) is 11.7. The maximum Gasteiger partial charge on any atom is 0.323 e. The molecule has 0 aromatic heterocycles. The maximum atomic E-state index is 11.3. The lowest BCUT2D eigenvalue weighted by atomic mass is 9.90. The first-order chi connectivity index (χ1) is 8.54. The van der Waals surface area contributed by atoms with Crippen molar-refractivity contribution in [3.05, 3.63) is 0 Å². The molecule has 0 bridgehead atoms. The van der Waals surface area contributed by atoms with E-state index in [1.165, 1.54) is 0 Å². The number of carboxylic acid groups (broad SMARTS) is 1. The van der Waals surface area contributed by atoms with E-state index in [-0.39, 0.29) is 0 Å². The van der Waals surface area contributed by atoms with E-state index in [1.807, 2.05) is 6.92 Å². The Labute approximate surface area is 109 Å². The van der Waals surface area contributed by atoms with Crippen LogP contribution >= 0.6 is 0 Å². The number of carbonyl (C=O) groups is 1. The Balaban J connectivity index is 2.37. The van der Waals surface area contributed by atoms with Crippen LogP contribution in [0.5, 0.6) is 0 Å². The molecule has 1 heterocycles. The minimum absolute atomic E-state index is 0.290. The summed E-state index contributed by atoms with van der Waals surface area (Å²) in [6.07, 6.45) is 2.46. The van der Waals surface area contributed by atoms with Crippen molar-refractivity contribution in [3.63, 3.8) is 0 Å². The summed E-state index contributed by atoms with van der Waals surface area (Å²) in [6, 6.07) is 0. The Bertz CT molecular complexity index is 267. The summed E-state index contributed by atoms with van der Waals surface area (Å²) in [6.45, 7) is 7.63. The van der Waals surface area contributed by atoms with Gasteiger partial charge in [-0.1, -0.05) is 6.92 Å². The van der Waals surface area contributed by atoms with Gasteiger partial charge in [-0.3, -0.25) is 9.69 Å². The summed E-state index contributed by atoms with van der Waals surface area (Å²) < 4.78 is 5.49. The largest absolute Gasteiger partial charge is 0.480 e. The molecular weight excluding hydrogens is 232 g/mol. The van der Waals surface area contributed by atoms with Gasteiger partial charge in [0.15, 0.2) is 0 Å². The highest BCUT2D eigenvalue weighted by atomic mass is 16.5. The van der Waals surface area contributed by atoms with Gasteiger partial charge >= 0.3 is 5.97 Å². The third-order valence-corrected chi connectivity index (χ3v) is 3.89. The van der Waals surface area contributed by atoms with Crippen molar-refractivity contribution in [1.29, 1.82) is 0 Å². The Morgan fingerprint density at radius 2 is 2.33 bits per heavy atom. The standard InChI is InChI=1S/C13H26N2O3/c1-4-13(14-3,12(16)17)6-5-7-15-8-9-18-11(2)10-15/h11,14H,4-10H2,1-3H3,(H,16,17). The van der Waals surface area contributed by atoms with Gasteiger partial charge in [-0.25, -0.2) is 0 Å². The number of ether oxygens (including phenoxy) is 1. The van der Waals surface area contributed by atoms with Crippen LogP contribution in [0.1, 0.15) is 33.1 Å². The van der Waals surface area contributed by atoms with Crippen molar-refractivity contribution >= 4 is 5.97 Å². The predicted octanol–water partition coefficient (Wildman–Crippen LogP) is 0.940. The number of hydrogen-bond acceptors (Lipinski definition) is 4. The topological polar surface area (TPSA) is 61.8 Å². The molecule has 106 valence electrons. The van der Waals surface area contributed by atoms with Crippen molar-refractivity contribution in [3.8, 4) is 0 Å². The van der Waals surface area contributed by atoms with E-state index in [9.17, 15) is 9.90 Å². The molecule has 1 aliphatic rings. The second kappa shape index (κ2) is 7.07. The average Bonchev–Trinajstić information content (AvgIpc) is 2.35. The number of hydrogen-bond donors (Lipinski definition) is 2. The van der Waals surface area contributed by atoms with Crippen LogP contribution in [0.15, 0.2) is 0 Å². The van der Waals surface area contributed by atoms with Crippen LogP contribution in [0.3, 0.4) is 0 Å². The summed E-state index contributed by atoms with van der Waals surface area (Å²) in [5, 5.41) is 12.3. The van der Waals surface area contributed by atoms with E-state index in [4.69, 9.17) is 4.74 Å². The highest BCUT2D eigenvalue weighted by Crippen LogP contribution is 2.18. The van der Waals surface area contributed by atoms with Crippen LogP contribution in [0.2, 0.25) is 0 Å². The Morgan fingerprint density at radius 1 is 1.61 bits per heavy atom. The molecule has 1 aliphatic heterocycles. The first-order valence-corrected chi connectivity index (χ1v) is 6.80. The lowest BCUT2D eigenvalue weighted by Crippen LogP contribution is -2.50. The number of aliphatic carboxylic acids is 1. The fourth-order valence-corrected chi connectivity index (χ4v) is 2.54. The number of rotatable bonds is 7. The fraction of sp³-hybridized carbons (Fsp3) is 0.923. The summed E-state index contributed by atoms with van der Waals surface area (Å²) in [7, 11) is 1.73. The van der Waals surface area contributed by atoms with E-state index in [1.54, 1.807) is 7.05 Å². The van der Waals surface area contributed by atoms with Gasteiger partial charge in [0.1, 0.15) is 5.54 Å².